The molecule has 0 spiro atoms. The van der Waals surface area contributed by atoms with E-state index >= 15 is 0 Å². The number of aromatic nitrogens is 1. The van der Waals surface area contributed by atoms with Crippen molar-refractivity contribution >= 4 is 17.5 Å². The standard InChI is InChI=1S/C17H23ClN2O/c1-2-3-15-8-14(9-16(18)19-15)17(21)20(10-12-4-5-12)11-13-6-7-13/h8-9,12-13H,2-7,10-11H2,1H3. The monoisotopic (exact) mass is 306 g/mol. The lowest BCUT2D eigenvalue weighted by molar-refractivity contribution is 0.0739. The predicted octanol–water partition coefficient (Wildman–Crippen LogP) is 3.95. The van der Waals surface area contributed by atoms with Crippen molar-refractivity contribution in [1.82, 2.24) is 9.88 Å². The molecule has 0 N–H and O–H groups in total. The van der Waals surface area contributed by atoms with Crippen molar-refractivity contribution in [2.24, 2.45) is 11.8 Å². The summed E-state index contributed by atoms with van der Waals surface area (Å²) in [5, 5.41) is 0.432. The van der Waals surface area contributed by atoms with Crippen LogP contribution in [0.4, 0.5) is 0 Å². The summed E-state index contributed by atoms with van der Waals surface area (Å²) in [5.74, 6) is 1.58. The number of hydrogen-bond acceptors (Lipinski definition) is 2. The normalized spacial score (nSPS) is 17.8. The molecule has 2 aliphatic carbocycles. The van der Waals surface area contributed by atoms with Crippen molar-refractivity contribution in [1.29, 1.82) is 0 Å². The van der Waals surface area contributed by atoms with Crippen molar-refractivity contribution < 1.29 is 4.79 Å². The van der Waals surface area contributed by atoms with Gasteiger partial charge in [-0.25, -0.2) is 4.98 Å². The van der Waals surface area contributed by atoms with E-state index in [0.717, 1.165) is 43.5 Å². The molecule has 0 radical (unpaired) electrons. The lowest BCUT2D eigenvalue weighted by Gasteiger charge is -2.23. The number of hydrogen-bond donors (Lipinski definition) is 0. The molecule has 21 heavy (non-hydrogen) atoms. The van der Waals surface area contributed by atoms with Crippen LogP contribution in [0.3, 0.4) is 0 Å². The van der Waals surface area contributed by atoms with Gasteiger partial charge in [-0.1, -0.05) is 24.9 Å². The Labute approximate surface area is 131 Å². The molecular weight excluding hydrogens is 284 g/mol. The van der Waals surface area contributed by atoms with Crippen LogP contribution in [-0.2, 0) is 6.42 Å². The maximum atomic E-state index is 12.8. The van der Waals surface area contributed by atoms with E-state index in [0.29, 0.717) is 10.7 Å². The summed E-state index contributed by atoms with van der Waals surface area (Å²) in [6, 6.07) is 3.64. The van der Waals surface area contributed by atoms with Crippen LogP contribution >= 0.6 is 11.6 Å². The highest BCUT2D eigenvalue weighted by molar-refractivity contribution is 6.29. The van der Waals surface area contributed by atoms with Crippen LogP contribution in [0.25, 0.3) is 0 Å². The van der Waals surface area contributed by atoms with Crippen LogP contribution in [0.1, 0.15) is 55.1 Å². The molecule has 3 rings (SSSR count). The van der Waals surface area contributed by atoms with Gasteiger partial charge in [-0.3, -0.25) is 4.79 Å². The molecule has 1 amide bonds. The molecule has 1 aromatic rings. The van der Waals surface area contributed by atoms with Gasteiger partial charge >= 0.3 is 0 Å². The Morgan fingerprint density at radius 1 is 1.24 bits per heavy atom. The van der Waals surface area contributed by atoms with Gasteiger partial charge in [0.1, 0.15) is 5.15 Å². The molecule has 2 saturated carbocycles. The maximum absolute atomic E-state index is 12.8. The van der Waals surface area contributed by atoms with E-state index < -0.39 is 0 Å². The molecule has 0 aromatic carbocycles. The van der Waals surface area contributed by atoms with Gasteiger partial charge in [0.15, 0.2) is 0 Å². The first-order valence-corrected chi connectivity index (χ1v) is 8.49. The first-order valence-electron chi connectivity index (χ1n) is 8.11. The molecule has 1 heterocycles. The molecule has 0 aliphatic heterocycles. The van der Waals surface area contributed by atoms with Gasteiger partial charge in [0.2, 0.25) is 0 Å². The Hall–Kier alpha value is -1.09. The van der Waals surface area contributed by atoms with Crippen molar-refractivity contribution in [3.8, 4) is 0 Å². The first kappa shape index (κ1) is 14.8. The number of amides is 1. The minimum Gasteiger partial charge on any atom is -0.338 e. The lowest BCUT2D eigenvalue weighted by atomic mass is 10.1. The molecule has 2 aliphatic rings. The minimum atomic E-state index is 0.135. The van der Waals surface area contributed by atoms with E-state index in [2.05, 4.69) is 16.8 Å². The van der Waals surface area contributed by atoms with Crippen LogP contribution in [0.2, 0.25) is 5.15 Å². The second-order valence-corrected chi connectivity index (χ2v) is 6.90. The average molecular weight is 307 g/mol. The topological polar surface area (TPSA) is 33.2 Å². The average Bonchev–Trinajstić information content (AvgIpc) is 3.32. The van der Waals surface area contributed by atoms with Gasteiger partial charge in [-0.15, -0.1) is 0 Å². The van der Waals surface area contributed by atoms with E-state index in [-0.39, 0.29) is 5.91 Å². The first-order chi connectivity index (χ1) is 10.2. The molecule has 3 nitrogen and oxygen atoms in total. The quantitative estimate of drug-likeness (QED) is 0.715. The lowest BCUT2D eigenvalue weighted by Crippen LogP contribution is -2.34. The third kappa shape index (κ3) is 4.19. The maximum Gasteiger partial charge on any atom is 0.254 e. The molecule has 2 fully saturated rings. The Morgan fingerprint density at radius 2 is 1.86 bits per heavy atom. The fraction of sp³-hybridized carbons (Fsp3) is 0.647. The van der Waals surface area contributed by atoms with E-state index in [1.807, 2.05) is 6.07 Å². The molecule has 0 atom stereocenters. The van der Waals surface area contributed by atoms with E-state index in [9.17, 15) is 4.79 Å². The van der Waals surface area contributed by atoms with E-state index in [4.69, 9.17) is 11.6 Å². The smallest absolute Gasteiger partial charge is 0.254 e. The summed E-state index contributed by atoms with van der Waals surface area (Å²) >= 11 is 6.09. The molecule has 1 aromatic heterocycles. The van der Waals surface area contributed by atoms with Crippen LogP contribution in [-0.4, -0.2) is 28.9 Å². The molecule has 114 valence electrons. The fourth-order valence-corrected chi connectivity index (χ4v) is 2.93. The van der Waals surface area contributed by atoms with Crippen LogP contribution in [0.15, 0.2) is 12.1 Å². The number of carbonyl (C=O) groups is 1. The summed E-state index contributed by atoms with van der Waals surface area (Å²) in [4.78, 5) is 19.2. The molecular formula is C17H23ClN2O. The van der Waals surface area contributed by atoms with Gasteiger partial charge in [0.25, 0.3) is 5.91 Å². The zero-order valence-electron chi connectivity index (χ0n) is 12.6. The number of aryl methyl sites for hydroxylation is 1. The van der Waals surface area contributed by atoms with Crippen molar-refractivity contribution in [2.75, 3.05) is 13.1 Å². The number of carbonyl (C=O) groups excluding carboxylic acids is 1. The van der Waals surface area contributed by atoms with Gasteiger partial charge in [-0.2, -0.15) is 0 Å². The van der Waals surface area contributed by atoms with Crippen LogP contribution in [0.5, 0.6) is 0 Å². The second-order valence-electron chi connectivity index (χ2n) is 6.52. The van der Waals surface area contributed by atoms with Gasteiger partial charge in [0, 0.05) is 24.3 Å². The largest absolute Gasteiger partial charge is 0.338 e. The number of halogens is 1. The number of nitrogens with zero attached hydrogens (tertiary/aromatic N) is 2. The van der Waals surface area contributed by atoms with E-state index in [1.165, 1.54) is 25.7 Å². The SMILES string of the molecule is CCCc1cc(C(=O)N(CC2CC2)CC2CC2)cc(Cl)n1. The third-order valence-corrected chi connectivity index (χ3v) is 4.43. The third-order valence-electron chi connectivity index (χ3n) is 4.24. The summed E-state index contributed by atoms with van der Waals surface area (Å²) < 4.78 is 0. The molecule has 0 saturated heterocycles. The fourth-order valence-electron chi connectivity index (χ4n) is 2.71. The number of pyridine rings is 1. The van der Waals surface area contributed by atoms with Gasteiger partial charge in [0.05, 0.1) is 0 Å². The van der Waals surface area contributed by atoms with Crippen LogP contribution < -0.4 is 0 Å². The number of rotatable bonds is 7. The zero-order chi connectivity index (χ0) is 14.8. The highest BCUT2D eigenvalue weighted by atomic mass is 35.5. The highest BCUT2D eigenvalue weighted by Gasteiger charge is 2.32. The minimum absolute atomic E-state index is 0.135. The summed E-state index contributed by atoms with van der Waals surface area (Å²) in [6.07, 6.45) is 6.96. The van der Waals surface area contributed by atoms with E-state index in [1.54, 1.807) is 6.07 Å². The Kier molecular flexibility index (Phi) is 4.48. The van der Waals surface area contributed by atoms with Crippen LogP contribution in [0, 0.1) is 11.8 Å². The molecule has 4 heteroatoms. The molecule has 0 bridgehead atoms. The second kappa shape index (κ2) is 6.35. The highest BCUT2D eigenvalue weighted by Crippen LogP contribution is 2.34. The molecule has 0 unspecified atom stereocenters. The Morgan fingerprint density at radius 3 is 2.38 bits per heavy atom. The summed E-state index contributed by atoms with van der Waals surface area (Å²) in [7, 11) is 0. The van der Waals surface area contributed by atoms with Crippen molar-refractivity contribution in [2.45, 2.75) is 45.4 Å². The summed E-state index contributed by atoms with van der Waals surface area (Å²) in [5.41, 5.74) is 1.63. The Balaban J connectivity index is 1.76. The zero-order valence-corrected chi connectivity index (χ0v) is 13.4. The van der Waals surface area contributed by atoms with Crippen molar-refractivity contribution in [3.05, 3.63) is 28.5 Å². The van der Waals surface area contributed by atoms with Gasteiger partial charge < -0.3 is 4.90 Å². The summed E-state index contributed by atoms with van der Waals surface area (Å²) in [6.45, 7) is 3.94. The Bertz CT molecular complexity index is 510. The van der Waals surface area contributed by atoms with Crippen molar-refractivity contribution in [3.63, 3.8) is 0 Å². The van der Waals surface area contributed by atoms with Gasteiger partial charge in [-0.05, 0) is 56.1 Å². The predicted molar refractivity (Wildman–Crippen MR) is 84.6 cm³/mol.